The van der Waals surface area contributed by atoms with Crippen molar-refractivity contribution in [3.05, 3.63) is 29.6 Å². The minimum atomic E-state index is -0.412. The Morgan fingerprint density at radius 2 is 2.17 bits per heavy atom. The Hall–Kier alpha value is -1.56. The van der Waals surface area contributed by atoms with Crippen LogP contribution in [-0.4, -0.2) is 12.6 Å². The summed E-state index contributed by atoms with van der Waals surface area (Å²) in [4.78, 5) is 2.21. The van der Waals surface area contributed by atoms with Gasteiger partial charge in [0, 0.05) is 12.6 Å². The number of hydrogen-bond donors (Lipinski definition) is 0. The molecule has 96 valence electrons. The van der Waals surface area contributed by atoms with Gasteiger partial charge in [0.2, 0.25) is 0 Å². The second-order valence-electron chi connectivity index (χ2n) is 5.35. The van der Waals surface area contributed by atoms with E-state index in [-0.39, 0.29) is 5.56 Å². The molecule has 1 saturated carbocycles. The maximum atomic E-state index is 13.6. The molecule has 2 nitrogen and oxygen atoms in total. The van der Waals surface area contributed by atoms with E-state index in [1.807, 2.05) is 12.1 Å². The van der Waals surface area contributed by atoms with Crippen LogP contribution < -0.4 is 4.90 Å². The summed E-state index contributed by atoms with van der Waals surface area (Å²) in [5.41, 5.74) is 0.953. The fourth-order valence-corrected chi connectivity index (χ4v) is 2.15. The lowest BCUT2D eigenvalue weighted by Crippen LogP contribution is -2.28. The van der Waals surface area contributed by atoms with Gasteiger partial charge in [0.05, 0.1) is 5.69 Å². The molecule has 1 aliphatic carbocycles. The largest absolute Gasteiger partial charge is 0.367 e. The smallest absolute Gasteiger partial charge is 0.143 e. The average Bonchev–Trinajstić information content (AvgIpc) is 3.13. The molecular weight excluding hydrogens is 227 g/mol. The first-order valence-electron chi connectivity index (χ1n) is 6.58. The maximum Gasteiger partial charge on any atom is 0.143 e. The lowest BCUT2D eigenvalue weighted by atomic mass is 10.1. The van der Waals surface area contributed by atoms with E-state index in [1.54, 1.807) is 6.07 Å². The number of anilines is 1. The van der Waals surface area contributed by atoms with E-state index in [1.165, 1.54) is 6.07 Å². The first-order chi connectivity index (χ1) is 8.63. The van der Waals surface area contributed by atoms with Gasteiger partial charge in [-0.1, -0.05) is 19.9 Å². The van der Waals surface area contributed by atoms with Crippen LogP contribution in [0, 0.1) is 23.1 Å². The van der Waals surface area contributed by atoms with Gasteiger partial charge in [0.25, 0.3) is 0 Å². The normalized spacial score (nSPS) is 14.6. The van der Waals surface area contributed by atoms with Crippen LogP contribution in [0.15, 0.2) is 18.2 Å². The molecule has 0 saturated heterocycles. The van der Waals surface area contributed by atoms with Crippen LogP contribution in [0.5, 0.6) is 0 Å². The molecule has 1 aromatic rings. The summed E-state index contributed by atoms with van der Waals surface area (Å²) < 4.78 is 13.6. The highest BCUT2D eigenvalue weighted by atomic mass is 19.1. The minimum Gasteiger partial charge on any atom is -0.367 e. The van der Waals surface area contributed by atoms with Crippen LogP contribution in [0.4, 0.5) is 10.1 Å². The Labute approximate surface area is 108 Å². The molecule has 0 atom stereocenters. The Morgan fingerprint density at radius 3 is 2.72 bits per heavy atom. The molecule has 0 aliphatic heterocycles. The zero-order valence-corrected chi connectivity index (χ0v) is 11.0. The highest BCUT2D eigenvalue weighted by Gasteiger charge is 2.30. The number of benzene rings is 1. The summed E-state index contributed by atoms with van der Waals surface area (Å²) in [6, 6.07) is 7.40. The summed E-state index contributed by atoms with van der Waals surface area (Å²) in [5, 5.41) is 9.11. The van der Waals surface area contributed by atoms with Gasteiger partial charge < -0.3 is 4.90 Å². The zero-order valence-electron chi connectivity index (χ0n) is 11.0. The third-order valence-corrected chi connectivity index (χ3v) is 3.35. The summed E-state index contributed by atoms with van der Waals surface area (Å²) in [5.74, 6) is 0.204. The quantitative estimate of drug-likeness (QED) is 0.791. The lowest BCUT2D eigenvalue weighted by Gasteiger charge is -2.26. The predicted octanol–water partition coefficient (Wildman–Crippen LogP) is 3.71. The van der Waals surface area contributed by atoms with Crippen LogP contribution >= 0.6 is 0 Å². The van der Waals surface area contributed by atoms with Gasteiger partial charge in [-0.3, -0.25) is 0 Å². The van der Waals surface area contributed by atoms with Crippen molar-refractivity contribution in [1.29, 1.82) is 5.26 Å². The van der Waals surface area contributed by atoms with Crippen molar-refractivity contribution in [3.8, 4) is 6.07 Å². The number of nitriles is 1. The predicted molar refractivity (Wildman–Crippen MR) is 70.9 cm³/mol. The molecule has 0 unspecified atom stereocenters. The number of hydrogen-bond acceptors (Lipinski definition) is 2. The van der Waals surface area contributed by atoms with E-state index in [0.29, 0.717) is 12.0 Å². The highest BCUT2D eigenvalue weighted by molar-refractivity contribution is 5.61. The van der Waals surface area contributed by atoms with Crippen LogP contribution in [0.1, 0.15) is 38.7 Å². The van der Waals surface area contributed by atoms with Crippen LogP contribution in [-0.2, 0) is 0 Å². The molecule has 0 amide bonds. The fourth-order valence-electron chi connectivity index (χ4n) is 2.15. The van der Waals surface area contributed by atoms with Gasteiger partial charge in [-0.15, -0.1) is 0 Å². The summed E-state index contributed by atoms with van der Waals surface area (Å²) in [6.07, 6.45) is 3.37. The SMILES string of the molecule is CC(C)CCN(c1cccc(F)c1C#N)C1CC1. The Morgan fingerprint density at radius 1 is 1.44 bits per heavy atom. The van der Waals surface area contributed by atoms with Crippen molar-refractivity contribution in [2.75, 3.05) is 11.4 Å². The van der Waals surface area contributed by atoms with Gasteiger partial charge in [-0.2, -0.15) is 5.26 Å². The number of halogens is 1. The highest BCUT2D eigenvalue weighted by Crippen LogP contribution is 2.34. The fraction of sp³-hybridized carbons (Fsp3) is 0.533. The van der Waals surface area contributed by atoms with Crippen LogP contribution in [0.25, 0.3) is 0 Å². The summed E-state index contributed by atoms with van der Waals surface area (Å²) in [7, 11) is 0. The van der Waals surface area contributed by atoms with Gasteiger partial charge in [-0.25, -0.2) is 4.39 Å². The van der Waals surface area contributed by atoms with Crippen molar-refractivity contribution in [1.82, 2.24) is 0 Å². The minimum absolute atomic E-state index is 0.188. The molecule has 1 fully saturated rings. The third kappa shape index (κ3) is 2.81. The molecule has 0 radical (unpaired) electrons. The van der Waals surface area contributed by atoms with E-state index in [4.69, 9.17) is 5.26 Å². The Balaban J connectivity index is 2.25. The molecule has 2 rings (SSSR count). The molecule has 1 aromatic carbocycles. The van der Waals surface area contributed by atoms with Crippen LogP contribution in [0.3, 0.4) is 0 Å². The molecule has 0 bridgehead atoms. The van der Waals surface area contributed by atoms with E-state index >= 15 is 0 Å². The molecule has 18 heavy (non-hydrogen) atoms. The Kier molecular flexibility index (Phi) is 3.86. The van der Waals surface area contributed by atoms with E-state index < -0.39 is 5.82 Å². The number of nitrogens with zero attached hydrogens (tertiary/aromatic N) is 2. The second-order valence-corrected chi connectivity index (χ2v) is 5.35. The standard InChI is InChI=1S/C15H19FN2/c1-11(2)8-9-18(12-6-7-12)15-5-3-4-14(16)13(15)10-17/h3-5,11-12H,6-9H2,1-2H3. The average molecular weight is 246 g/mol. The van der Waals surface area contributed by atoms with Crippen LogP contribution in [0.2, 0.25) is 0 Å². The molecule has 0 heterocycles. The van der Waals surface area contributed by atoms with Gasteiger partial charge in [0.1, 0.15) is 17.4 Å². The van der Waals surface area contributed by atoms with Gasteiger partial charge >= 0.3 is 0 Å². The third-order valence-electron chi connectivity index (χ3n) is 3.35. The summed E-state index contributed by atoms with van der Waals surface area (Å²) >= 11 is 0. The first kappa shape index (κ1) is 12.9. The van der Waals surface area contributed by atoms with E-state index in [2.05, 4.69) is 18.7 Å². The molecule has 1 aliphatic rings. The topological polar surface area (TPSA) is 27.0 Å². The van der Waals surface area contributed by atoms with Crippen molar-refractivity contribution >= 4 is 5.69 Å². The molecule has 0 spiro atoms. The van der Waals surface area contributed by atoms with Crippen molar-refractivity contribution in [2.45, 2.75) is 39.2 Å². The molecule has 0 aromatic heterocycles. The number of rotatable bonds is 5. The summed E-state index contributed by atoms with van der Waals surface area (Å²) in [6.45, 7) is 5.27. The lowest BCUT2D eigenvalue weighted by molar-refractivity contribution is 0.568. The molecule has 0 N–H and O–H groups in total. The van der Waals surface area contributed by atoms with E-state index in [0.717, 1.165) is 31.5 Å². The zero-order chi connectivity index (χ0) is 13.1. The first-order valence-corrected chi connectivity index (χ1v) is 6.58. The van der Waals surface area contributed by atoms with Crippen molar-refractivity contribution in [3.63, 3.8) is 0 Å². The Bertz CT molecular complexity index is 458. The molecule has 3 heteroatoms. The van der Waals surface area contributed by atoms with Crippen molar-refractivity contribution < 1.29 is 4.39 Å². The van der Waals surface area contributed by atoms with Crippen molar-refractivity contribution in [2.24, 2.45) is 5.92 Å². The van der Waals surface area contributed by atoms with Gasteiger partial charge in [0.15, 0.2) is 0 Å². The van der Waals surface area contributed by atoms with Gasteiger partial charge in [-0.05, 0) is 37.3 Å². The second kappa shape index (κ2) is 5.39. The molecular formula is C15H19FN2. The monoisotopic (exact) mass is 246 g/mol. The maximum absolute atomic E-state index is 13.6. The van der Waals surface area contributed by atoms with E-state index in [9.17, 15) is 4.39 Å².